The van der Waals surface area contributed by atoms with E-state index in [4.69, 9.17) is 9.26 Å². The summed E-state index contributed by atoms with van der Waals surface area (Å²) >= 11 is 0. The molecule has 2 heterocycles. The lowest BCUT2D eigenvalue weighted by molar-refractivity contribution is -0.138. The maximum absolute atomic E-state index is 12.0. The number of hydrogen-bond acceptors (Lipinski definition) is 6. The molecule has 1 amide bonds. The fraction of sp³-hybridized carbons (Fsp3) is 0.750. The van der Waals surface area contributed by atoms with Crippen LogP contribution >= 0.6 is 0 Å². The van der Waals surface area contributed by atoms with E-state index in [9.17, 15) is 4.79 Å². The second-order valence-electron chi connectivity index (χ2n) is 5.00. The smallest absolute Gasteiger partial charge is 0.252 e. The van der Waals surface area contributed by atoms with E-state index in [1.165, 1.54) is 0 Å². The van der Waals surface area contributed by atoms with Gasteiger partial charge in [-0.2, -0.15) is 4.98 Å². The van der Waals surface area contributed by atoms with Gasteiger partial charge in [-0.15, -0.1) is 0 Å². The average Bonchev–Trinajstić information content (AvgIpc) is 2.73. The third-order valence-corrected chi connectivity index (χ3v) is 2.93. The lowest BCUT2D eigenvalue weighted by Gasteiger charge is -2.36. The van der Waals surface area contributed by atoms with Crippen molar-refractivity contribution in [2.45, 2.75) is 39.5 Å². The Labute approximate surface area is 112 Å². The largest absolute Gasteiger partial charge is 0.362 e. The lowest BCUT2D eigenvalue weighted by atomic mass is 10.1. The highest BCUT2D eigenvalue weighted by molar-refractivity contribution is 5.77. The second kappa shape index (κ2) is 6.12. The van der Waals surface area contributed by atoms with Gasteiger partial charge < -0.3 is 19.5 Å². The zero-order chi connectivity index (χ0) is 13.8. The number of ether oxygens (including phenoxy) is 1. The number of nitrogens with one attached hydrogen (secondary N) is 1. The van der Waals surface area contributed by atoms with Crippen molar-refractivity contribution in [3.8, 4) is 0 Å². The Morgan fingerprint density at radius 2 is 2.16 bits per heavy atom. The van der Waals surface area contributed by atoms with Crippen LogP contribution in [0.25, 0.3) is 0 Å². The van der Waals surface area contributed by atoms with E-state index in [2.05, 4.69) is 29.3 Å². The monoisotopic (exact) mass is 268 g/mol. The molecule has 1 fully saturated rings. The molecule has 19 heavy (non-hydrogen) atoms. The lowest BCUT2D eigenvalue weighted by Crippen LogP contribution is -2.56. The van der Waals surface area contributed by atoms with E-state index in [0.29, 0.717) is 36.9 Å². The Balaban J connectivity index is 1.74. The first-order valence-electron chi connectivity index (χ1n) is 6.45. The Morgan fingerprint density at radius 1 is 1.47 bits per heavy atom. The number of carbonyl (C=O) groups is 1. The Morgan fingerprint density at radius 3 is 2.74 bits per heavy atom. The first-order chi connectivity index (χ1) is 9.04. The molecule has 1 aliphatic rings. The normalized spacial score (nSPS) is 23.6. The van der Waals surface area contributed by atoms with Gasteiger partial charge in [-0.05, 0) is 20.8 Å². The van der Waals surface area contributed by atoms with Crippen LogP contribution < -0.4 is 5.32 Å². The van der Waals surface area contributed by atoms with E-state index >= 15 is 0 Å². The highest BCUT2D eigenvalue weighted by atomic mass is 16.5. The molecule has 7 nitrogen and oxygen atoms in total. The topological polar surface area (TPSA) is 80.5 Å². The van der Waals surface area contributed by atoms with Crippen LogP contribution in [0.3, 0.4) is 0 Å². The standard InChI is InChI=1S/C12H20N4O3/c1-8-4-16(5-9(2)13-8)12(17)7-18-6-11-14-10(3)15-19-11/h8-9,13H,4-7H2,1-3H3/t8-,9+. The van der Waals surface area contributed by atoms with Crippen molar-refractivity contribution < 1.29 is 14.1 Å². The SMILES string of the molecule is Cc1noc(COCC(=O)N2C[C@@H](C)N[C@@H](C)C2)n1. The van der Waals surface area contributed by atoms with E-state index in [1.54, 1.807) is 6.92 Å². The van der Waals surface area contributed by atoms with Gasteiger partial charge in [0.05, 0.1) is 0 Å². The van der Waals surface area contributed by atoms with Crippen molar-refractivity contribution in [2.24, 2.45) is 0 Å². The number of aromatic nitrogens is 2. The second-order valence-corrected chi connectivity index (χ2v) is 5.00. The van der Waals surface area contributed by atoms with Crippen molar-refractivity contribution in [1.82, 2.24) is 20.4 Å². The summed E-state index contributed by atoms with van der Waals surface area (Å²) in [5.74, 6) is 0.957. The highest BCUT2D eigenvalue weighted by Gasteiger charge is 2.24. The van der Waals surface area contributed by atoms with Gasteiger partial charge in [-0.1, -0.05) is 5.16 Å². The van der Waals surface area contributed by atoms with Gasteiger partial charge in [0.25, 0.3) is 5.89 Å². The minimum absolute atomic E-state index is 0.00330. The molecule has 1 aromatic rings. The fourth-order valence-corrected chi connectivity index (χ4v) is 2.25. The first-order valence-corrected chi connectivity index (χ1v) is 6.45. The van der Waals surface area contributed by atoms with Crippen LogP contribution in [0.1, 0.15) is 25.6 Å². The summed E-state index contributed by atoms with van der Waals surface area (Å²) in [6.07, 6.45) is 0. The zero-order valence-electron chi connectivity index (χ0n) is 11.5. The number of carbonyl (C=O) groups excluding carboxylic acids is 1. The molecule has 1 saturated heterocycles. The molecule has 0 unspecified atom stereocenters. The molecule has 0 bridgehead atoms. The molecule has 1 aromatic heterocycles. The van der Waals surface area contributed by atoms with Crippen LogP contribution in [0.2, 0.25) is 0 Å². The van der Waals surface area contributed by atoms with Crippen LogP contribution in [0, 0.1) is 6.92 Å². The Bertz CT molecular complexity index is 424. The van der Waals surface area contributed by atoms with Gasteiger partial charge in [-0.25, -0.2) is 0 Å². The van der Waals surface area contributed by atoms with Crippen LogP contribution in [0.4, 0.5) is 0 Å². The molecule has 2 rings (SSSR count). The van der Waals surface area contributed by atoms with Gasteiger partial charge in [0.15, 0.2) is 5.82 Å². The molecule has 106 valence electrons. The summed E-state index contributed by atoms with van der Waals surface area (Å²) in [5, 5.41) is 7.04. The summed E-state index contributed by atoms with van der Waals surface area (Å²) < 4.78 is 10.2. The molecular weight excluding hydrogens is 248 g/mol. The average molecular weight is 268 g/mol. The fourth-order valence-electron chi connectivity index (χ4n) is 2.25. The van der Waals surface area contributed by atoms with E-state index in [0.717, 1.165) is 0 Å². The third-order valence-electron chi connectivity index (χ3n) is 2.93. The summed E-state index contributed by atoms with van der Waals surface area (Å²) in [6, 6.07) is 0.623. The van der Waals surface area contributed by atoms with E-state index in [1.807, 2.05) is 4.90 Å². The minimum atomic E-state index is -0.00330. The molecule has 0 aromatic carbocycles. The van der Waals surface area contributed by atoms with Crippen LogP contribution in [-0.4, -0.2) is 52.7 Å². The van der Waals surface area contributed by atoms with Crippen LogP contribution in [-0.2, 0) is 16.1 Å². The number of amides is 1. The maximum atomic E-state index is 12.0. The summed E-state index contributed by atoms with van der Waals surface area (Å²) in [6.45, 7) is 7.51. The van der Waals surface area contributed by atoms with Crippen molar-refractivity contribution >= 4 is 5.91 Å². The Kier molecular flexibility index (Phi) is 4.49. The highest BCUT2D eigenvalue weighted by Crippen LogP contribution is 2.05. The van der Waals surface area contributed by atoms with Gasteiger partial charge in [-0.3, -0.25) is 4.79 Å². The third kappa shape index (κ3) is 4.00. The Hall–Kier alpha value is -1.47. The van der Waals surface area contributed by atoms with Gasteiger partial charge in [0, 0.05) is 25.2 Å². The van der Waals surface area contributed by atoms with Crippen LogP contribution in [0.5, 0.6) is 0 Å². The molecule has 2 atom stereocenters. The molecule has 0 saturated carbocycles. The molecular formula is C12H20N4O3. The number of hydrogen-bond donors (Lipinski definition) is 1. The summed E-state index contributed by atoms with van der Waals surface area (Å²) in [7, 11) is 0. The van der Waals surface area contributed by atoms with Gasteiger partial charge in [0.2, 0.25) is 5.91 Å². The number of piperazine rings is 1. The van der Waals surface area contributed by atoms with E-state index < -0.39 is 0 Å². The number of nitrogens with zero attached hydrogens (tertiary/aromatic N) is 3. The quantitative estimate of drug-likeness (QED) is 0.834. The number of rotatable bonds is 4. The van der Waals surface area contributed by atoms with Gasteiger partial charge in [0.1, 0.15) is 13.2 Å². The van der Waals surface area contributed by atoms with Crippen molar-refractivity contribution in [1.29, 1.82) is 0 Å². The van der Waals surface area contributed by atoms with Gasteiger partial charge >= 0.3 is 0 Å². The first kappa shape index (κ1) is 14.0. The van der Waals surface area contributed by atoms with Crippen molar-refractivity contribution in [3.05, 3.63) is 11.7 Å². The maximum Gasteiger partial charge on any atom is 0.252 e. The van der Waals surface area contributed by atoms with Crippen molar-refractivity contribution in [3.63, 3.8) is 0 Å². The predicted molar refractivity (Wildman–Crippen MR) is 67.3 cm³/mol. The molecule has 0 aliphatic carbocycles. The molecule has 0 spiro atoms. The van der Waals surface area contributed by atoms with Crippen molar-refractivity contribution in [2.75, 3.05) is 19.7 Å². The molecule has 1 N–H and O–H groups in total. The molecule has 7 heteroatoms. The van der Waals surface area contributed by atoms with E-state index in [-0.39, 0.29) is 19.1 Å². The van der Waals surface area contributed by atoms with Crippen LogP contribution in [0.15, 0.2) is 4.52 Å². The minimum Gasteiger partial charge on any atom is -0.362 e. The predicted octanol–water partition coefficient (Wildman–Crippen LogP) is 0.103. The molecule has 1 aliphatic heterocycles. The summed E-state index contributed by atoms with van der Waals surface area (Å²) in [5.41, 5.74) is 0. The number of aryl methyl sites for hydroxylation is 1. The zero-order valence-corrected chi connectivity index (χ0v) is 11.5. The molecule has 0 radical (unpaired) electrons. The summed E-state index contributed by atoms with van der Waals surface area (Å²) in [4.78, 5) is 17.8.